The lowest BCUT2D eigenvalue weighted by molar-refractivity contribution is 0.269. The van der Waals surface area contributed by atoms with Crippen LogP contribution in [0, 0.1) is 5.92 Å². The van der Waals surface area contributed by atoms with E-state index in [1.165, 1.54) is 6.20 Å². The summed E-state index contributed by atoms with van der Waals surface area (Å²) in [6.07, 6.45) is 4.43. The van der Waals surface area contributed by atoms with Gasteiger partial charge in [-0.1, -0.05) is 13.3 Å². The highest BCUT2D eigenvalue weighted by Gasteiger charge is 2.28. The molecular weight excluding hydrogens is 262 g/mol. The van der Waals surface area contributed by atoms with E-state index in [2.05, 4.69) is 11.9 Å². The Kier molecular flexibility index (Phi) is 4.54. The van der Waals surface area contributed by atoms with E-state index in [1.807, 2.05) is 0 Å². The van der Waals surface area contributed by atoms with Crippen molar-refractivity contribution in [3.05, 3.63) is 24.0 Å². The minimum atomic E-state index is -3.39. The van der Waals surface area contributed by atoms with Crippen molar-refractivity contribution < 1.29 is 8.42 Å². The Hall–Kier alpha value is -0.980. The molecule has 0 bridgehead atoms. The molecule has 1 aromatic heterocycles. The van der Waals surface area contributed by atoms with E-state index in [0.29, 0.717) is 31.2 Å². The van der Waals surface area contributed by atoms with Crippen molar-refractivity contribution >= 4 is 10.0 Å². The van der Waals surface area contributed by atoms with E-state index < -0.39 is 10.0 Å². The van der Waals surface area contributed by atoms with Gasteiger partial charge in [0, 0.05) is 25.8 Å². The number of hydrogen-bond acceptors (Lipinski definition) is 4. The van der Waals surface area contributed by atoms with Crippen LogP contribution in [0.3, 0.4) is 0 Å². The van der Waals surface area contributed by atoms with Crippen molar-refractivity contribution in [3.63, 3.8) is 0 Å². The maximum atomic E-state index is 12.4. The summed E-state index contributed by atoms with van der Waals surface area (Å²) in [5.74, 6) is 0.657. The van der Waals surface area contributed by atoms with Gasteiger partial charge in [-0.05, 0) is 30.9 Å². The molecule has 6 heteroatoms. The first-order chi connectivity index (χ1) is 9.07. The lowest BCUT2D eigenvalue weighted by atomic mass is 9.96. The third kappa shape index (κ3) is 3.13. The Balaban J connectivity index is 2.13. The monoisotopic (exact) mass is 283 g/mol. The normalized spacial score (nSPS) is 18.6. The molecule has 0 aliphatic carbocycles. The summed E-state index contributed by atoms with van der Waals surface area (Å²) in [6, 6.07) is 3.27. The standard InChI is InChI=1S/C13H21N3O2S/c1-2-11-5-7-16(8-6-11)19(17,18)13-4-3-12(9-14)15-10-13/h3-4,10-11H,2,5-9,14H2,1H3. The van der Waals surface area contributed by atoms with Gasteiger partial charge < -0.3 is 5.73 Å². The van der Waals surface area contributed by atoms with Crippen LogP contribution in [0.2, 0.25) is 0 Å². The molecule has 1 aromatic rings. The van der Waals surface area contributed by atoms with Crippen LogP contribution in [0.1, 0.15) is 31.9 Å². The Morgan fingerprint density at radius 3 is 2.53 bits per heavy atom. The average molecular weight is 283 g/mol. The molecule has 0 saturated carbocycles. The SMILES string of the molecule is CCC1CCN(S(=O)(=O)c2ccc(CN)nc2)CC1. The summed E-state index contributed by atoms with van der Waals surface area (Å²) in [5.41, 5.74) is 6.16. The topological polar surface area (TPSA) is 76.3 Å². The van der Waals surface area contributed by atoms with Gasteiger partial charge in [0.2, 0.25) is 10.0 Å². The third-order valence-corrected chi connectivity index (χ3v) is 5.68. The molecular formula is C13H21N3O2S. The van der Waals surface area contributed by atoms with Crippen molar-refractivity contribution in [2.45, 2.75) is 37.6 Å². The van der Waals surface area contributed by atoms with Gasteiger partial charge in [0.15, 0.2) is 0 Å². The predicted octanol–water partition coefficient (Wildman–Crippen LogP) is 1.35. The molecule has 2 heterocycles. The number of aromatic nitrogens is 1. The number of pyridine rings is 1. The molecule has 106 valence electrons. The van der Waals surface area contributed by atoms with Crippen LogP contribution in [-0.2, 0) is 16.6 Å². The number of hydrogen-bond donors (Lipinski definition) is 1. The largest absolute Gasteiger partial charge is 0.325 e. The molecule has 0 radical (unpaired) electrons. The molecule has 2 N–H and O–H groups in total. The second kappa shape index (κ2) is 5.98. The van der Waals surface area contributed by atoms with Gasteiger partial charge in [0.25, 0.3) is 0 Å². The first-order valence-corrected chi connectivity index (χ1v) is 8.17. The lowest BCUT2D eigenvalue weighted by Crippen LogP contribution is -2.38. The van der Waals surface area contributed by atoms with Gasteiger partial charge in [-0.25, -0.2) is 8.42 Å². The highest BCUT2D eigenvalue weighted by molar-refractivity contribution is 7.89. The molecule has 1 saturated heterocycles. The van der Waals surface area contributed by atoms with Crippen molar-refractivity contribution in [1.82, 2.24) is 9.29 Å². The van der Waals surface area contributed by atoms with Gasteiger partial charge in [-0.2, -0.15) is 4.31 Å². The first-order valence-electron chi connectivity index (χ1n) is 6.73. The minimum Gasteiger partial charge on any atom is -0.325 e. The van der Waals surface area contributed by atoms with E-state index in [1.54, 1.807) is 16.4 Å². The third-order valence-electron chi connectivity index (χ3n) is 3.80. The molecule has 5 nitrogen and oxygen atoms in total. The zero-order valence-corrected chi connectivity index (χ0v) is 12.1. The molecule has 0 spiro atoms. The lowest BCUT2D eigenvalue weighted by Gasteiger charge is -2.30. The van der Waals surface area contributed by atoms with E-state index in [0.717, 1.165) is 19.3 Å². The van der Waals surface area contributed by atoms with Gasteiger partial charge in [0.1, 0.15) is 4.90 Å². The molecule has 19 heavy (non-hydrogen) atoms. The summed E-state index contributed by atoms with van der Waals surface area (Å²) < 4.78 is 26.4. The van der Waals surface area contributed by atoms with Crippen LogP contribution in [0.25, 0.3) is 0 Å². The summed E-state index contributed by atoms with van der Waals surface area (Å²) in [4.78, 5) is 4.32. The van der Waals surface area contributed by atoms with Crippen LogP contribution < -0.4 is 5.73 Å². The molecule has 0 atom stereocenters. The molecule has 0 aromatic carbocycles. The summed E-state index contributed by atoms with van der Waals surface area (Å²) in [7, 11) is -3.39. The minimum absolute atomic E-state index is 0.264. The van der Waals surface area contributed by atoms with Gasteiger partial charge >= 0.3 is 0 Å². The zero-order chi connectivity index (χ0) is 13.9. The molecule has 1 aliphatic heterocycles. The fourth-order valence-corrected chi connectivity index (χ4v) is 3.81. The fourth-order valence-electron chi connectivity index (χ4n) is 2.39. The fraction of sp³-hybridized carbons (Fsp3) is 0.615. The summed E-state index contributed by atoms with van der Waals surface area (Å²) in [5, 5.41) is 0. The number of nitrogens with two attached hydrogens (primary N) is 1. The van der Waals surface area contributed by atoms with Crippen LogP contribution in [0.15, 0.2) is 23.2 Å². The molecule has 2 rings (SSSR count). The molecule has 0 unspecified atom stereocenters. The van der Waals surface area contributed by atoms with Gasteiger partial charge in [-0.15, -0.1) is 0 Å². The maximum Gasteiger partial charge on any atom is 0.244 e. The van der Waals surface area contributed by atoms with Gasteiger partial charge in [0.05, 0.1) is 5.69 Å². The predicted molar refractivity (Wildman–Crippen MR) is 73.9 cm³/mol. The summed E-state index contributed by atoms with van der Waals surface area (Å²) >= 11 is 0. The second-order valence-corrected chi connectivity index (χ2v) is 6.88. The highest BCUT2D eigenvalue weighted by atomic mass is 32.2. The Labute approximate surface area is 114 Å². The molecule has 1 aliphatic rings. The van der Waals surface area contributed by atoms with Crippen LogP contribution >= 0.6 is 0 Å². The van der Waals surface area contributed by atoms with Crippen molar-refractivity contribution in [3.8, 4) is 0 Å². The Bertz CT molecular complexity index is 505. The van der Waals surface area contributed by atoms with E-state index >= 15 is 0 Å². The number of sulfonamides is 1. The second-order valence-electron chi connectivity index (χ2n) is 4.95. The highest BCUT2D eigenvalue weighted by Crippen LogP contribution is 2.25. The number of rotatable bonds is 4. The van der Waals surface area contributed by atoms with E-state index in [9.17, 15) is 8.42 Å². The van der Waals surface area contributed by atoms with Crippen LogP contribution in [0.5, 0.6) is 0 Å². The van der Waals surface area contributed by atoms with Crippen molar-refractivity contribution in [1.29, 1.82) is 0 Å². The molecule has 1 fully saturated rings. The number of nitrogens with zero attached hydrogens (tertiary/aromatic N) is 2. The first kappa shape index (κ1) is 14.4. The van der Waals surface area contributed by atoms with Gasteiger partial charge in [-0.3, -0.25) is 4.98 Å². The van der Waals surface area contributed by atoms with E-state index in [-0.39, 0.29) is 4.90 Å². The Morgan fingerprint density at radius 1 is 1.37 bits per heavy atom. The average Bonchev–Trinajstić information content (AvgIpc) is 2.47. The maximum absolute atomic E-state index is 12.4. The molecule has 0 amide bonds. The van der Waals surface area contributed by atoms with Crippen LogP contribution in [-0.4, -0.2) is 30.8 Å². The van der Waals surface area contributed by atoms with Crippen molar-refractivity contribution in [2.75, 3.05) is 13.1 Å². The van der Waals surface area contributed by atoms with E-state index in [4.69, 9.17) is 5.73 Å². The number of piperidine rings is 1. The summed E-state index contributed by atoms with van der Waals surface area (Å²) in [6.45, 7) is 3.70. The van der Waals surface area contributed by atoms with Crippen LogP contribution in [0.4, 0.5) is 0 Å². The zero-order valence-electron chi connectivity index (χ0n) is 11.2. The smallest absolute Gasteiger partial charge is 0.244 e. The quantitative estimate of drug-likeness (QED) is 0.905. The Morgan fingerprint density at radius 2 is 2.05 bits per heavy atom. The van der Waals surface area contributed by atoms with Crippen molar-refractivity contribution in [2.24, 2.45) is 11.7 Å².